The molecule has 4 nitrogen and oxygen atoms in total. The third-order valence-corrected chi connectivity index (χ3v) is 3.23. The second-order valence-corrected chi connectivity index (χ2v) is 6.10. The number of nitrogens with one attached hydrogen (secondary N) is 1. The van der Waals surface area contributed by atoms with Gasteiger partial charge in [-0.1, -0.05) is 0 Å². The molecule has 10 heteroatoms. The summed E-state index contributed by atoms with van der Waals surface area (Å²) in [5.41, 5.74) is -4.42. The van der Waals surface area contributed by atoms with Crippen LogP contribution in [0.2, 0.25) is 0 Å². The van der Waals surface area contributed by atoms with E-state index < -0.39 is 15.5 Å². The summed E-state index contributed by atoms with van der Waals surface area (Å²) in [5.74, 6) is 0. The lowest BCUT2D eigenvalue weighted by Crippen LogP contribution is -2.09. The summed E-state index contributed by atoms with van der Waals surface area (Å²) in [4.78, 5) is 3.45. The minimum Gasteiger partial charge on any atom is -0.259 e. The molecule has 0 atom stereocenters. The third-order valence-electron chi connectivity index (χ3n) is 0.976. The van der Waals surface area contributed by atoms with Gasteiger partial charge in [0, 0.05) is 17.1 Å². The van der Waals surface area contributed by atoms with E-state index in [9.17, 15) is 21.6 Å². The molecule has 0 aromatic carbocycles. The van der Waals surface area contributed by atoms with E-state index in [2.05, 4.69) is 4.98 Å². The van der Waals surface area contributed by atoms with Gasteiger partial charge < -0.3 is 0 Å². The Morgan fingerprint density at radius 2 is 2.13 bits per heavy atom. The van der Waals surface area contributed by atoms with E-state index >= 15 is 0 Å². The monoisotopic (exact) mass is 278 g/mol. The summed E-state index contributed by atoms with van der Waals surface area (Å²) < 4.78 is 59.1. The van der Waals surface area contributed by atoms with E-state index in [-0.39, 0.29) is 21.9 Å². The van der Waals surface area contributed by atoms with Crippen LogP contribution in [-0.2, 0) is 10.0 Å². The van der Waals surface area contributed by atoms with Crippen LogP contribution in [-0.4, -0.2) is 25.2 Å². The van der Waals surface area contributed by atoms with Crippen molar-refractivity contribution in [3.8, 4) is 0 Å². The van der Waals surface area contributed by atoms with Crippen molar-refractivity contribution in [3.63, 3.8) is 0 Å². The zero-order valence-corrected chi connectivity index (χ0v) is 9.65. The predicted octanol–water partition coefficient (Wildman–Crippen LogP) is 2.13. The molecular weight excluding hydrogens is 273 g/mol. The van der Waals surface area contributed by atoms with Gasteiger partial charge in [-0.15, -0.1) is 11.3 Å². The van der Waals surface area contributed by atoms with Crippen LogP contribution in [0.25, 0.3) is 0 Å². The number of rotatable bonds is 3. The smallest absolute Gasteiger partial charge is 0.259 e. The molecule has 0 bridgehead atoms. The zero-order chi connectivity index (χ0) is 11.7. The van der Waals surface area contributed by atoms with Gasteiger partial charge in [0.05, 0.1) is 6.26 Å². The van der Waals surface area contributed by atoms with Gasteiger partial charge in [-0.05, 0) is 0 Å². The van der Waals surface area contributed by atoms with Gasteiger partial charge in [-0.3, -0.25) is 4.72 Å². The highest BCUT2D eigenvalue weighted by Crippen LogP contribution is 2.37. The quantitative estimate of drug-likeness (QED) is 0.860. The average molecular weight is 278 g/mol. The number of nitrogens with zero attached hydrogens (tertiary/aromatic N) is 1. The van der Waals surface area contributed by atoms with Gasteiger partial charge >= 0.3 is 5.51 Å². The standard InChI is InChI=1S/C5H5F3N2O2S3/c1-15(11,12)10-4-9-3(2-13-4)14-5(6,7)8/h2H,1H3,(H,9,10). The molecule has 0 spiro atoms. The Morgan fingerprint density at radius 3 is 2.60 bits per heavy atom. The minimum absolute atomic E-state index is 0.0794. The number of hydrogen-bond acceptors (Lipinski definition) is 5. The highest BCUT2D eigenvalue weighted by molar-refractivity contribution is 8.00. The molecule has 0 fully saturated rings. The van der Waals surface area contributed by atoms with Crippen molar-refractivity contribution < 1.29 is 21.6 Å². The summed E-state index contributed by atoms with van der Waals surface area (Å²) in [6.45, 7) is 0. The van der Waals surface area contributed by atoms with Gasteiger partial charge in [-0.2, -0.15) is 13.2 Å². The Balaban J connectivity index is 2.73. The lowest BCUT2D eigenvalue weighted by atomic mass is 11.0. The molecule has 1 N–H and O–H groups in total. The number of thiazole rings is 1. The Hall–Kier alpha value is -0.480. The van der Waals surface area contributed by atoms with Crippen LogP contribution in [0, 0.1) is 0 Å². The first kappa shape index (κ1) is 12.6. The first-order chi connectivity index (χ1) is 6.66. The number of hydrogen-bond donors (Lipinski definition) is 1. The largest absolute Gasteiger partial charge is 0.447 e. The Morgan fingerprint density at radius 1 is 1.53 bits per heavy atom. The lowest BCUT2D eigenvalue weighted by Gasteiger charge is -2.01. The molecule has 0 aliphatic carbocycles. The molecule has 1 heterocycles. The minimum atomic E-state index is -4.42. The molecule has 15 heavy (non-hydrogen) atoms. The van der Waals surface area contributed by atoms with E-state index in [0.29, 0.717) is 0 Å². The van der Waals surface area contributed by atoms with Crippen molar-refractivity contribution in [1.82, 2.24) is 4.98 Å². The molecule has 0 unspecified atom stereocenters. The summed E-state index contributed by atoms with van der Waals surface area (Å²) in [5, 5.41) is 0.772. The van der Waals surface area contributed by atoms with E-state index in [1.807, 2.05) is 4.72 Å². The van der Waals surface area contributed by atoms with Crippen LogP contribution in [0.15, 0.2) is 10.4 Å². The first-order valence-electron chi connectivity index (χ1n) is 3.35. The maximum absolute atomic E-state index is 11.9. The molecular formula is C5H5F3N2O2S3. The molecule has 1 aromatic heterocycles. The SMILES string of the molecule is CS(=O)(=O)Nc1nc(SC(F)(F)F)cs1. The lowest BCUT2D eigenvalue weighted by molar-refractivity contribution is -0.0329. The number of aromatic nitrogens is 1. The number of thioether (sulfide) groups is 1. The van der Waals surface area contributed by atoms with Crippen molar-refractivity contribution in [1.29, 1.82) is 0 Å². The van der Waals surface area contributed by atoms with Gasteiger partial charge in [0.15, 0.2) is 5.13 Å². The fourth-order valence-corrected chi connectivity index (χ4v) is 2.82. The maximum atomic E-state index is 11.9. The van der Waals surface area contributed by atoms with Crippen LogP contribution in [0.3, 0.4) is 0 Å². The van der Waals surface area contributed by atoms with Crippen molar-refractivity contribution in [2.45, 2.75) is 10.5 Å². The Labute approximate surface area is 92.0 Å². The normalized spacial score (nSPS) is 12.8. The number of anilines is 1. The summed E-state index contributed by atoms with van der Waals surface area (Å²) in [6.07, 6.45) is 0.894. The predicted molar refractivity (Wildman–Crippen MR) is 52.5 cm³/mol. The van der Waals surface area contributed by atoms with Crippen LogP contribution < -0.4 is 4.72 Å². The van der Waals surface area contributed by atoms with Crippen LogP contribution >= 0.6 is 23.1 Å². The van der Waals surface area contributed by atoms with Crippen LogP contribution in [0.1, 0.15) is 0 Å². The Kier molecular flexibility index (Phi) is 3.51. The van der Waals surface area contributed by atoms with Gasteiger partial charge in [-0.25, -0.2) is 13.4 Å². The van der Waals surface area contributed by atoms with Gasteiger partial charge in [0.1, 0.15) is 5.03 Å². The molecule has 86 valence electrons. The highest BCUT2D eigenvalue weighted by Gasteiger charge is 2.30. The molecule has 0 aliphatic heterocycles. The maximum Gasteiger partial charge on any atom is 0.447 e. The molecule has 0 amide bonds. The average Bonchev–Trinajstić information content (AvgIpc) is 2.28. The van der Waals surface area contributed by atoms with E-state index in [4.69, 9.17) is 0 Å². The Bertz CT molecular complexity index is 439. The second kappa shape index (κ2) is 4.18. The zero-order valence-electron chi connectivity index (χ0n) is 7.20. The van der Waals surface area contributed by atoms with Crippen LogP contribution in [0.4, 0.5) is 18.3 Å². The fraction of sp³-hybridized carbons (Fsp3) is 0.400. The van der Waals surface area contributed by atoms with Gasteiger partial charge in [0.2, 0.25) is 10.0 Å². The molecule has 0 aliphatic rings. The van der Waals surface area contributed by atoms with Crippen molar-refractivity contribution >= 4 is 38.3 Å². The van der Waals surface area contributed by atoms with Crippen LogP contribution in [0.5, 0.6) is 0 Å². The molecule has 1 rings (SSSR count). The summed E-state index contributed by atoms with van der Waals surface area (Å²) in [6, 6.07) is 0. The fourth-order valence-electron chi connectivity index (χ4n) is 0.630. The molecule has 0 saturated carbocycles. The number of sulfonamides is 1. The number of halogens is 3. The topological polar surface area (TPSA) is 59.1 Å². The molecule has 0 saturated heterocycles. The van der Waals surface area contributed by atoms with Gasteiger partial charge in [0.25, 0.3) is 0 Å². The van der Waals surface area contributed by atoms with E-state index in [1.54, 1.807) is 0 Å². The van der Waals surface area contributed by atoms with Crippen molar-refractivity contribution in [3.05, 3.63) is 5.38 Å². The molecule has 0 radical (unpaired) electrons. The second-order valence-electron chi connectivity index (χ2n) is 2.41. The third kappa shape index (κ3) is 5.23. The first-order valence-corrected chi connectivity index (χ1v) is 6.93. The number of alkyl halides is 3. The summed E-state index contributed by atoms with van der Waals surface area (Å²) in [7, 11) is -3.50. The summed E-state index contributed by atoms with van der Waals surface area (Å²) >= 11 is 0.407. The molecule has 1 aromatic rings. The van der Waals surface area contributed by atoms with E-state index in [1.165, 1.54) is 0 Å². The van der Waals surface area contributed by atoms with Crippen molar-refractivity contribution in [2.24, 2.45) is 0 Å². The highest BCUT2D eigenvalue weighted by atomic mass is 32.2. The van der Waals surface area contributed by atoms with Crippen molar-refractivity contribution in [2.75, 3.05) is 11.0 Å². The van der Waals surface area contributed by atoms with E-state index in [0.717, 1.165) is 23.0 Å².